The zero-order chi connectivity index (χ0) is 18.5. The van der Waals surface area contributed by atoms with Crippen LogP contribution in [0.25, 0.3) is 0 Å². The number of hydrogen-bond donors (Lipinski definition) is 2. The highest BCUT2D eigenvalue weighted by molar-refractivity contribution is 5.98. The van der Waals surface area contributed by atoms with Crippen LogP contribution in [0.2, 0.25) is 0 Å². The van der Waals surface area contributed by atoms with E-state index >= 15 is 0 Å². The molecule has 0 saturated carbocycles. The molecule has 0 aromatic heterocycles. The van der Waals surface area contributed by atoms with Gasteiger partial charge < -0.3 is 15.5 Å². The molecule has 0 bridgehead atoms. The Morgan fingerprint density at radius 3 is 2.58 bits per heavy atom. The predicted octanol–water partition coefficient (Wildman–Crippen LogP) is 2.75. The average Bonchev–Trinajstić information content (AvgIpc) is 2.97. The second kappa shape index (κ2) is 8.04. The van der Waals surface area contributed by atoms with E-state index in [2.05, 4.69) is 23.6 Å². The van der Waals surface area contributed by atoms with Crippen molar-refractivity contribution in [1.82, 2.24) is 5.32 Å². The molecule has 2 aromatic carbocycles. The van der Waals surface area contributed by atoms with Crippen LogP contribution in [0.3, 0.4) is 0 Å². The van der Waals surface area contributed by atoms with Gasteiger partial charge in [-0.05, 0) is 49.6 Å². The van der Waals surface area contributed by atoms with Crippen molar-refractivity contribution in [2.24, 2.45) is 0 Å². The fourth-order valence-corrected chi connectivity index (χ4v) is 3.39. The van der Waals surface area contributed by atoms with Crippen LogP contribution >= 0.6 is 0 Å². The fourth-order valence-electron chi connectivity index (χ4n) is 3.39. The lowest BCUT2D eigenvalue weighted by atomic mass is 10.1. The highest BCUT2D eigenvalue weighted by atomic mass is 16.2. The van der Waals surface area contributed by atoms with Gasteiger partial charge in [0.1, 0.15) is 0 Å². The summed E-state index contributed by atoms with van der Waals surface area (Å²) in [4.78, 5) is 26.2. The topological polar surface area (TPSA) is 61.4 Å². The first kappa shape index (κ1) is 18.0. The van der Waals surface area contributed by atoms with Gasteiger partial charge in [0.15, 0.2) is 0 Å². The van der Waals surface area contributed by atoms with E-state index in [0.717, 1.165) is 23.4 Å². The number of nitrogens with one attached hydrogen (secondary N) is 2. The Hall–Kier alpha value is -2.82. The van der Waals surface area contributed by atoms with Crippen molar-refractivity contribution < 1.29 is 9.59 Å². The summed E-state index contributed by atoms with van der Waals surface area (Å²) in [6.45, 7) is 4.86. The standard InChI is InChI=1S/C21H25N3O2/c1-3-22-20(25)13-16-8-10-18(11-9-16)23-14-21(26)24-15(2)12-17-6-4-5-7-19(17)24/h4-11,15,23H,3,12-14H2,1-2H3,(H,22,25)/t15-/m1/s1. The van der Waals surface area contributed by atoms with E-state index in [1.54, 1.807) is 0 Å². The molecule has 26 heavy (non-hydrogen) atoms. The molecule has 0 aliphatic carbocycles. The van der Waals surface area contributed by atoms with E-state index in [-0.39, 0.29) is 24.4 Å². The van der Waals surface area contributed by atoms with E-state index in [1.807, 2.05) is 54.3 Å². The average molecular weight is 351 g/mol. The summed E-state index contributed by atoms with van der Waals surface area (Å²) in [5, 5.41) is 5.97. The molecule has 0 radical (unpaired) electrons. The molecular formula is C21H25N3O2. The van der Waals surface area contributed by atoms with Gasteiger partial charge in [-0.25, -0.2) is 0 Å². The number of benzene rings is 2. The number of carbonyl (C=O) groups is 2. The van der Waals surface area contributed by atoms with Crippen LogP contribution in [0.4, 0.5) is 11.4 Å². The molecule has 1 atom stereocenters. The van der Waals surface area contributed by atoms with Gasteiger partial charge in [0, 0.05) is 24.0 Å². The summed E-state index contributed by atoms with van der Waals surface area (Å²) in [5.74, 6) is 0.0823. The maximum absolute atomic E-state index is 12.7. The number of carbonyl (C=O) groups excluding carboxylic acids is 2. The molecular weight excluding hydrogens is 326 g/mol. The zero-order valence-electron chi connectivity index (χ0n) is 15.3. The molecule has 0 spiro atoms. The molecule has 1 aliphatic heterocycles. The number of nitrogens with zero attached hydrogens (tertiary/aromatic N) is 1. The lowest BCUT2D eigenvalue weighted by Crippen LogP contribution is -2.39. The molecule has 0 unspecified atom stereocenters. The van der Waals surface area contributed by atoms with Crippen molar-refractivity contribution in [1.29, 1.82) is 0 Å². The van der Waals surface area contributed by atoms with Gasteiger partial charge in [0.05, 0.1) is 13.0 Å². The molecule has 0 saturated heterocycles. The second-order valence-electron chi connectivity index (χ2n) is 6.63. The van der Waals surface area contributed by atoms with Gasteiger partial charge in [-0.15, -0.1) is 0 Å². The largest absolute Gasteiger partial charge is 0.376 e. The number of rotatable bonds is 6. The van der Waals surface area contributed by atoms with Crippen molar-refractivity contribution in [2.75, 3.05) is 23.3 Å². The van der Waals surface area contributed by atoms with Crippen LogP contribution < -0.4 is 15.5 Å². The third-order valence-corrected chi connectivity index (χ3v) is 4.61. The minimum absolute atomic E-state index is 0.0186. The SMILES string of the molecule is CCNC(=O)Cc1ccc(NCC(=O)N2c3ccccc3C[C@H]2C)cc1. The molecule has 1 heterocycles. The summed E-state index contributed by atoms with van der Waals surface area (Å²) in [7, 11) is 0. The van der Waals surface area contributed by atoms with Crippen molar-refractivity contribution in [3.05, 3.63) is 59.7 Å². The van der Waals surface area contributed by atoms with Crippen molar-refractivity contribution >= 4 is 23.2 Å². The van der Waals surface area contributed by atoms with Crippen LogP contribution in [-0.2, 0) is 22.4 Å². The van der Waals surface area contributed by atoms with Crippen LogP contribution in [0, 0.1) is 0 Å². The fraction of sp³-hybridized carbons (Fsp3) is 0.333. The van der Waals surface area contributed by atoms with Crippen LogP contribution in [-0.4, -0.2) is 30.9 Å². The molecule has 2 aromatic rings. The maximum atomic E-state index is 12.7. The minimum atomic E-state index is 0.0186. The number of hydrogen-bond acceptors (Lipinski definition) is 3. The molecule has 2 amide bonds. The summed E-state index contributed by atoms with van der Waals surface area (Å²) >= 11 is 0. The molecule has 5 heteroatoms. The van der Waals surface area contributed by atoms with Crippen LogP contribution in [0.5, 0.6) is 0 Å². The minimum Gasteiger partial charge on any atom is -0.376 e. The number of anilines is 2. The summed E-state index contributed by atoms with van der Waals surface area (Å²) in [6.07, 6.45) is 1.27. The Labute approximate surface area is 154 Å². The normalized spacial score (nSPS) is 15.5. The number of likely N-dealkylation sites (N-methyl/N-ethyl adjacent to an activating group) is 1. The smallest absolute Gasteiger partial charge is 0.246 e. The monoisotopic (exact) mass is 351 g/mol. The molecule has 2 N–H and O–H groups in total. The third-order valence-electron chi connectivity index (χ3n) is 4.61. The quantitative estimate of drug-likeness (QED) is 0.841. The van der Waals surface area contributed by atoms with E-state index < -0.39 is 0 Å². The first-order valence-electron chi connectivity index (χ1n) is 9.08. The van der Waals surface area contributed by atoms with E-state index in [9.17, 15) is 9.59 Å². The molecule has 5 nitrogen and oxygen atoms in total. The maximum Gasteiger partial charge on any atom is 0.246 e. The molecule has 3 rings (SSSR count). The van der Waals surface area contributed by atoms with Crippen molar-refractivity contribution in [3.8, 4) is 0 Å². The second-order valence-corrected chi connectivity index (χ2v) is 6.63. The Kier molecular flexibility index (Phi) is 5.56. The first-order valence-corrected chi connectivity index (χ1v) is 9.08. The number of fused-ring (bicyclic) bond motifs is 1. The van der Waals surface area contributed by atoms with E-state index in [4.69, 9.17) is 0 Å². The van der Waals surface area contributed by atoms with Gasteiger partial charge in [-0.3, -0.25) is 9.59 Å². The highest BCUT2D eigenvalue weighted by Crippen LogP contribution is 2.31. The Morgan fingerprint density at radius 2 is 1.85 bits per heavy atom. The van der Waals surface area contributed by atoms with Crippen molar-refractivity contribution in [2.45, 2.75) is 32.7 Å². The predicted molar refractivity (Wildman–Crippen MR) is 104 cm³/mol. The zero-order valence-corrected chi connectivity index (χ0v) is 15.3. The number of para-hydroxylation sites is 1. The lowest BCUT2D eigenvalue weighted by Gasteiger charge is -2.23. The summed E-state index contributed by atoms with van der Waals surface area (Å²) < 4.78 is 0. The Bertz CT molecular complexity index is 786. The van der Waals surface area contributed by atoms with Gasteiger partial charge in [0.25, 0.3) is 0 Å². The van der Waals surface area contributed by atoms with E-state index in [1.165, 1.54) is 5.56 Å². The van der Waals surface area contributed by atoms with Gasteiger partial charge in [-0.2, -0.15) is 0 Å². The Morgan fingerprint density at radius 1 is 1.12 bits per heavy atom. The highest BCUT2D eigenvalue weighted by Gasteiger charge is 2.30. The third kappa shape index (κ3) is 4.04. The summed E-state index contributed by atoms with van der Waals surface area (Å²) in [5.41, 5.74) is 4.07. The van der Waals surface area contributed by atoms with E-state index in [0.29, 0.717) is 13.0 Å². The summed E-state index contributed by atoms with van der Waals surface area (Å²) in [6, 6.07) is 15.9. The molecule has 0 fully saturated rings. The van der Waals surface area contributed by atoms with Crippen LogP contribution in [0.1, 0.15) is 25.0 Å². The van der Waals surface area contributed by atoms with Gasteiger partial charge in [0.2, 0.25) is 11.8 Å². The first-order chi connectivity index (χ1) is 12.6. The van der Waals surface area contributed by atoms with Crippen molar-refractivity contribution in [3.63, 3.8) is 0 Å². The van der Waals surface area contributed by atoms with Crippen LogP contribution in [0.15, 0.2) is 48.5 Å². The van der Waals surface area contributed by atoms with Gasteiger partial charge in [-0.1, -0.05) is 30.3 Å². The number of amides is 2. The van der Waals surface area contributed by atoms with Gasteiger partial charge >= 0.3 is 0 Å². The molecule has 1 aliphatic rings. The Balaban J connectivity index is 1.57. The lowest BCUT2D eigenvalue weighted by molar-refractivity contribution is -0.120. The molecule has 136 valence electrons.